The summed E-state index contributed by atoms with van der Waals surface area (Å²) in [5, 5.41) is 0.678. The van der Waals surface area contributed by atoms with E-state index >= 15 is 0 Å². The molecule has 0 saturated heterocycles. The van der Waals surface area contributed by atoms with Crippen LogP contribution in [0, 0.1) is 6.92 Å². The predicted molar refractivity (Wildman–Crippen MR) is 142 cm³/mol. The first-order chi connectivity index (χ1) is 17.5. The Bertz CT molecular complexity index is 1340. The van der Waals surface area contributed by atoms with Crippen molar-refractivity contribution in [2.75, 3.05) is 13.7 Å². The van der Waals surface area contributed by atoms with E-state index in [4.69, 9.17) is 30.3 Å². The average Bonchev–Trinajstić information content (AvgIpc) is 3.28. The minimum atomic E-state index is -0.354. The standard InChI is InChI=1S/C28H26ClNO5S/c1-4-33-28(31)21-6-5-7-23(16-21)30-19(2)8-14-26(30)25-17-24(36-35-32-3)13-15-27(25)34-18-20-9-11-22(29)12-10-20/h5-17H,4,18H2,1-3H3. The molecular formula is C28H26ClNO5S. The summed E-state index contributed by atoms with van der Waals surface area (Å²) in [5.74, 6) is 0.348. The first-order valence-corrected chi connectivity index (χ1v) is 12.5. The molecule has 0 aliphatic heterocycles. The third-order valence-electron chi connectivity index (χ3n) is 5.42. The Hall–Kier alpha value is -3.23. The number of carbonyl (C=O) groups excluding carboxylic acids is 1. The van der Waals surface area contributed by atoms with Crippen LogP contribution < -0.4 is 4.74 Å². The van der Waals surface area contributed by atoms with Crippen molar-refractivity contribution in [2.24, 2.45) is 0 Å². The van der Waals surface area contributed by atoms with Gasteiger partial charge in [0, 0.05) is 26.9 Å². The quantitative estimate of drug-likeness (QED) is 0.0931. The largest absolute Gasteiger partial charge is 0.488 e. The minimum absolute atomic E-state index is 0.319. The molecule has 36 heavy (non-hydrogen) atoms. The molecule has 4 aromatic rings. The van der Waals surface area contributed by atoms with Gasteiger partial charge in [0.15, 0.2) is 0 Å². The molecular weight excluding hydrogens is 498 g/mol. The maximum absolute atomic E-state index is 12.4. The van der Waals surface area contributed by atoms with E-state index in [9.17, 15) is 4.79 Å². The molecule has 0 unspecified atom stereocenters. The highest BCUT2D eigenvalue weighted by Gasteiger charge is 2.17. The normalized spacial score (nSPS) is 10.9. The molecule has 0 saturated carbocycles. The van der Waals surface area contributed by atoms with E-state index in [0.717, 1.165) is 45.1 Å². The van der Waals surface area contributed by atoms with Gasteiger partial charge in [-0.1, -0.05) is 29.8 Å². The Labute approximate surface area is 219 Å². The summed E-state index contributed by atoms with van der Waals surface area (Å²) in [5.41, 5.74) is 5.10. The SMILES string of the molecule is CCOC(=O)c1cccc(-n2c(C)ccc2-c2cc(SOOC)ccc2OCc2ccc(Cl)cc2)c1. The number of aromatic nitrogens is 1. The second kappa shape index (κ2) is 12.1. The van der Waals surface area contributed by atoms with Crippen LogP contribution in [0.15, 0.2) is 83.8 Å². The summed E-state index contributed by atoms with van der Waals surface area (Å²) in [6, 6.07) is 24.8. The van der Waals surface area contributed by atoms with Crippen LogP contribution in [0.25, 0.3) is 16.9 Å². The third-order valence-corrected chi connectivity index (χ3v) is 6.33. The van der Waals surface area contributed by atoms with Gasteiger partial charge in [-0.05, 0) is 80.1 Å². The first-order valence-electron chi connectivity index (χ1n) is 11.3. The van der Waals surface area contributed by atoms with E-state index in [0.29, 0.717) is 29.5 Å². The van der Waals surface area contributed by atoms with Gasteiger partial charge in [0.2, 0.25) is 0 Å². The lowest BCUT2D eigenvalue weighted by atomic mass is 10.1. The fourth-order valence-electron chi connectivity index (χ4n) is 3.78. The predicted octanol–water partition coefficient (Wildman–Crippen LogP) is 7.45. The van der Waals surface area contributed by atoms with E-state index in [1.165, 1.54) is 7.11 Å². The molecule has 186 valence electrons. The van der Waals surface area contributed by atoms with E-state index in [1.54, 1.807) is 13.0 Å². The minimum Gasteiger partial charge on any atom is -0.488 e. The van der Waals surface area contributed by atoms with Crippen molar-refractivity contribution in [3.05, 3.63) is 101 Å². The topological polar surface area (TPSA) is 58.9 Å². The fourth-order valence-corrected chi connectivity index (χ4v) is 4.34. The maximum Gasteiger partial charge on any atom is 0.338 e. The molecule has 0 N–H and O–H groups in total. The Morgan fingerprint density at radius 3 is 2.56 bits per heavy atom. The number of nitrogens with zero attached hydrogens (tertiary/aromatic N) is 1. The average molecular weight is 524 g/mol. The van der Waals surface area contributed by atoms with Crippen LogP contribution in [0.5, 0.6) is 5.75 Å². The van der Waals surface area contributed by atoms with Gasteiger partial charge in [-0.25, -0.2) is 9.68 Å². The highest BCUT2D eigenvalue weighted by Crippen LogP contribution is 2.37. The molecule has 0 fully saturated rings. The molecule has 1 aromatic heterocycles. The second-order valence-electron chi connectivity index (χ2n) is 7.86. The van der Waals surface area contributed by atoms with Crippen molar-refractivity contribution < 1.29 is 23.5 Å². The molecule has 0 amide bonds. The van der Waals surface area contributed by atoms with Crippen LogP contribution in [0.1, 0.15) is 28.5 Å². The van der Waals surface area contributed by atoms with E-state index in [1.807, 2.05) is 79.7 Å². The molecule has 0 aliphatic carbocycles. The smallest absolute Gasteiger partial charge is 0.338 e. The summed E-state index contributed by atoms with van der Waals surface area (Å²) >= 11 is 7.13. The van der Waals surface area contributed by atoms with Crippen molar-refractivity contribution in [3.8, 4) is 22.7 Å². The molecule has 6 nitrogen and oxygen atoms in total. The molecule has 4 rings (SSSR count). The lowest BCUT2D eigenvalue weighted by Crippen LogP contribution is -2.07. The highest BCUT2D eigenvalue weighted by molar-refractivity contribution is 7.94. The summed E-state index contributed by atoms with van der Waals surface area (Å²) in [7, 11) is 1.46. The van der Waals surface area contributed by atoms with Gasteiger partial charge in [0.05, 0.1) is 37.0 Å². The van der Waals surface area contributed by atoms with Gasteiger partial charge in [-0.3, -0.25) is 0 Å². The van der Waals surface area contributed by atoms with Crippen LogP contribution in [-0.4, -0.2) is 24.3 Å². The van der Waals surface area contributed by atoms with Crippen LogP contribution >= 0.6 is 23.6 Å². The van der Waals surface area contributed by atoms with Gasteiger partial charge in [0.25, 0.3) is 0 Å². The van der Waals surface area contributed by atoms with Crippen LogP contribution in [0.4, 0.5) is 0 Å². The molecule has 1 heterocycles. The zero-order valence-corrected chi connectivity index (χ0v) is 21.8. The molecule has 0 spiro atoms. The number of hydrogen-bond donors (Lipinski definition) is 0. The zero-order chi connectivity index (χ0) is 25.5. The van der Waals surface area contributed by atoms with Gasteiger partial charge >= 0.3 is 5.97 Å². The molecule has 0 atom stereocenters. The molecule has 3 aromatic carbocycles. The number of esters is 1. The van der Waals surface area contributed by atoms with E-state index < -0.39 is 0 Å². The van der Waals surface area contributed by atoms with Crippen LogP contribution in [0.3, 0.4) is 0 Å². The Morgan fingerprint density at radius 1 is 1.00 bits per heavy atom. The maximum atomic E-state index is 12.4. The summed E-state index contributed by atoms with van der Waals surface area (Å²) in [6.07, 6.45) is 0. The number of halogens is 1. The number of aryl methyl sites for hydroxylation is 1. The summed E-state index contributed by atoms with van der Waals surface area (Å²) < 4.78 is 18.6. The monoisotopic (exact) mass is 523 g/mol. The van der Waals surface area contributed by atoms with Gasteiger partial charge in [-0.2, -0.15) is 4.33 Å². The van der Waals surface area contributed by atoms with Crippen molar-refractivity contribution in [1.82, 2.24) is 4.57 Å². The van der Waals surface area contributed by atoms with Crippen LogP contribution in [-0.2, 0) is 20.6 Å². The first kappa shape index (κ1) is 25.9. The Balaban J connectivity index is 1.75. The summed E-state index contributed by atoms with van der Waals surface area (Å²) in [6.45, 7) is 4.50. The number of ether oxygens (including phenoxy) is 2. The lowest BCUT2D eigenvalue weighted by molar-refractivity contribution is -0.160. The van der Waals surface area contributed by atoms with E-state index in [2.05, 4.69) is 4.57 Å². The third kappa shape index (κ3) is 6.12. The Morgan fingerprint density at radius 2 is 1.81 bits per heavy atom. The van der Waals surface area contributed by atoms with Crippen molar-refractivity contribution in [2.45, 2.75) is 25.3 Å². The van der Waals surface area contributed by atoms with Crippen LogP contribution in [0.2, 0.25) is 5.02 Å². The van der Waals surface area contributed by atoms with Crippen molar-refractivity contribution in [1.29, 1.82) is 0 Å². The number of rotatable bonds is 10. The zero-order valence-electron chi connectivity index (χ0n) is 20.2. The van der Waals surface area contributed by atoms with Crippen molar-refractivity contribution >= 4 is 29.6 Å². The van der Waals surface area contributed by atoms with Crippen molar-refractivity contribution in [3.63, 3.8) is 0 Å². The molecule has 0 aliphatic rings. The molecule has 0 bridgehead atoms. The number of hydrogen-bond acceptors (Lipinski definition) is 6. The van der Waals surface area contributed by atoms with Gasteiger partial charge < -0.3 is 14.0 Å². The second-order valence-corrected chi connectivity index (χ2v) is 9.07. The summed E-state index contributed by atoms with van der Waals surface area (Å²) in [4.78, 5) is 18.0. The van der Waals surface area contributed by atoms with Gasteiger partial charge in [0.1, 0.15) is 12.4 Å². The van der Waals surface area contributed by atoms with E-state index in [-0.39, 0.29) is 5.97 Å². The Kier molecular flexibility index (Phi) is 8.72. The number of benzene rings is 3. The lowest BCUT2D eigenvalue weighted by Gasteiger charge is -2.17. The van der Waals surface area contributed by atoms with Gasteiger partial charge in [-0.15, -0.1) is 0 Å². The molecule has 8 heteroatoms. The fraction of sp³-hybridized carbons (Fsp3) is 0.179. The number of carbonyl (C=O) groups is 1. The molecule has 0 radical (unpaired) electrons. The highest BCUT2D eigenvalue weighted by atomic mass is 35.5.